The van der Waals surface area contributed by atoms with E-state index in [1.165, 1.54) is 60.7 Å². The number of carbonyl (C=O) groups excluding carboxylic acids is 3. The maximum Gasteiger partial charge on any atom is 1.00 e. The van der Waals surface area contributed by atoms with Gasteiger partial charge in [0.2, 0.25) is 17.3 Å². The number of hydrazone groups is 3. The molecule has 0 aromatic heterocycles. The van der Waals surface area contributed by atoms with E-state index in [1.54, 1.807) is 24.3 Å². The molecule has 0 saturated heterocycles. The molecule has 5 N–H and O–H groups in total. The summed E-state index contributed by atoms with van der Waals surface area (Å²) < 4.78 is 74.5. The smallest absolute Gasteiger partial charge is 0.744 e. The first-order chi connectivity index (χ1) is 30.4. The van der Waals surface area contributed by atoms with E-state index in [0.29, 0.717) is 23.5 Å². The van der Waals surface area contributed by atoms with Crippen LogP contribution >= 0.6 is 0 Å². The Kier molecular flexibility index (Phi) is 18.4. The molecule has 0 aliphatic heterocycles. The molecule has 6 rings (SSSR count). The standard InChI is InChI=1S/C42H43N11O9S2.2Na/c1-5-52(6-2)30-17-19-32(34(54)23-30)48-44-26-9-13-28(14-10-26)46-50-40-36(63(57,58)59)21-25-22-37(64(60,61)62)41(42(56)38(25)39(40)43)51-47-29-15-11-27(12-16-29)45-49-33-20-18-31(24-35(33)55)53(7-3)8-4;;/h9-24,44-45,47H,5-8,43H2,1-4H3,(H,57,58,59)(H,60,61,62);;/q;2*+1/p-2/b48-32-,49-33-,50-46?,51-41+;;. The molecular weight excluding hydrogens is 913 g/mol. The van der Waals surface area contributed by atoms with Crippen LogP contribution in [0.1, 0.15) is 43.6 Å². The van der Waals surface area contributed by atoms with E-state index < -0.39 is 64.0 Å². The van der Waals surface area contributed by atoms with Crippen molar-refractivity contribution in [3.8, 4) is 0 Å². The van der Waals surface area contributed by atoms with Gasteiger partial charge in [0.1, 0.15) is 43.1 Å². The number of rotatable bonds is 16. The molecule has 0 bridgehead atoms. The molecule has 20 nitrogen and oxygen atoms in total. The molecule has 3 aromatic rings. The van der Waals surface area contributed by atoms with E-state index in [1.807, 2.05) is 37.5 Å². The van der Waals surface area contributed by atoms with E-state index in [2.05, 4.69) is 41.8 Å². The Hall–Kier alpha value is -5.40. The Labute approximate surface area is 425 Å². The van der Waals surface area contributed by atoms with Crippen LogP contribution in [-0.2, 0) is 29.8 Å². The predicted octanol–water partition coefficient (Wildman–Crippen LogP) is -0.588. The quantitative estimate of drug-likeness (QED) is 0.0349. The number of ketones is 3. The molecule has 0 radical (unpaired) electrons. The van der Waals surface area contributed by atoms with Crippen molar-refractivity contribution in [3.05, 3.63) is 118 Å². The summed E-state index contributed by atoms with van der Waals surface area (Å²) in [6.45, 7) is 10.9. The second-order valence-corrected chi connectivity index (χ2v) is 16.5. The topological polar surface area (TPSA) is 296 Å². The van der Waals surface area contributed by atoms with Gasteiger partial charge in [-0.15, -0.1) is 5.11 Å². The molecule has 0 fully saturated rings. The number of anilines is 4. The summed E-state index contributed by atoms with van der Waals surface area (Å²) in [5, 5.41) is 20.1. The third-order valence-electron chi connectivity index (χ3n) is 9.90. The van der Waals surface area contributed by atoms with Gasteiger partial charge in [0, 0.05) is 49.7 Å². The Morgan fingerprint density at radius 2 is 1.05 bits per heavy atom. The third kappa shape index (κ3) is 12.5. The average Bonchev–Trinajstić information content (AvgIpc) is 3.26. The summed E-state index contributed by atoms with van der Waals surface area (Å²) >= 11 is 0. The average molecular weight is 954 g/mol. The molecule has 332 valence electrons. The predicted molar refractivity (Wildman–Crippen MR) is 241 cm³/mol. The number of nitrogens with one attached hydrogen (secondary N) is 3. The molecule has 24 heteroatoms. The van der Waals surface area contributed by atoms with Crippen LogP contribution in [0.5, 0.6) is 0 Å². The van der Waals surface area contributed by atoms with Gasteiger partial charge in [-0.1, -0.05) is 0 Å². The number of nitrogens with two attached hydrogens (primary N) is 1. The first-order valence-electron chi connectivity index (χ1n) is 19.6. The maximum absolute atomic E-state index is 13.9. The Morgan fingerprint density at radius 1 is 0.606 bits per heavy atom. The van der Waals surface area contributed by atoms with Crippen LogP contribution in [0.25, 0.3) is 6.08 Å². The van der Waals surface area contributed by atoms with E-state index in [4.69, 9.17) is 5.73 Å². The second-order valence-electron chi connectivity index (χ2n) is 13.8. The van der Waals surface area contributed by atoms with E-state index in [-0.39, 0.29) is 93.5 Å². The summed E-state index contributed by atoms with van der Waals surface area (Å²) in [5.74, 6) is -1.78. The first kappa shape index (κ1) is 53.2. The van der Waals surface area contributed by atoms with Gasteiger partial charge in [0.25, 0.3) is 0 Å². The van der Waals surface area contributed by atoms with Crippen LogP contribution < -0.4 is 81.1 Å². The number of Topliss-reactive ketones (excluding diaryl/α,β-unsaturated/α-hetero) is 1. The summed E-state index contributed by atoms with van der Waals surface area (Å²) in [4.78, 5) is 41.0. The molecule has 0 heterocycles. The molecule has 3 aliphatic rings. The summed E-state index contributed by atoms with van der Waals surface area (Å²) in [7, 11) is -10.8. The van der Waals surface area contributed by atoms with Crippen LogP contribution in [0.4, 0.5) is 34.1 Å². The Morgan fingerprint density at radius 3 is 1.45 bits per heavy atom. The Bertz CT molecular complexity index is 2920. The van der Waals surface area contributed by atoms with Crippen molar-refractivity contribution in [3.63, 3.8) is 0 Å². The van der Waals surface area contributed by atoms with Gasteiger partial charge >= 0.3 is 59.1 Å². The third-order valence-corrected chi connectivity index (χ3v) is 11.6. The largest absolute Gasteiger partial charge is 1.00 e. The minimum atomic E-state index is -5.43. The van der Waals surface area contributed by atoms with Gasteiger partial charge in [0.05, 0.1) is 43.8 Å². The minimum Gasteiger partial charge on any atom is -0.744 e. The number of nitrogen functional groups attached to an aromatic ring is 1. The van der Waals surface area contributed by atoms with Crippen molar-refractivity contribution in [1.82, 2.24) is 9.80 Å². The van der Waals surface area contributed by atoms with Crippen molar-refractivity contribution in [2.45, 2.75) is 32.6 Å². The molecular formula is C42H41N11Na2O9S2. The van der Waals surface area contributed by atoms with Gasteiger partial charge in [0.15, 0.2) is 0 Å². The van der Waals surface area contributed by atoms with Gasteiger partial charge in [-0.2, -0.15) is 20.4 Å². The fraction of sp³-hybridized carbons (Fsp3) is 0.190. The van der Waals surface area contributed by atoms with Crippen LogP contribution in [0.3, 0.4) is 0 Å². The van der Waals surface area contributed by atoms with E-state index >= 15 is 0 Å². The number of likely N-dealkylation sites (N-methyl/N-ethyl adjacent to an activating group) is 2. The van der Waals surface area contributed by atoms with Gasteiger partial charge < -0.3 is 24.6 Å². The van der Waals surface area contributed by atoms with Crippen LogP contribution in [0, 0.1) is 0 Å². The fourth-order valence-corrected chi connectivity index (χ4v) is 7.85. The summed E-state index contributed by atoms with van der Waals surface area (Å²) in [5.41, 5.74) is 14.3. The number of fused-ring (bicyclic) bond motifs is 1. The molecule has 0 amide bonds. The zero-order valence-electron chi connectivity index (χ0n) is 36.8. The molecule has 0 saturated carbocycles. The zero-order chi connectivity index (χ0) is 46.3. The second kappa shape index (κ2) is 22.9. The van der Waals surface area contributed by atoms with Gasteiger partial charge in [-0.3, -0.25) is 30.7 Å². The SMILES string of the molecule is CCN(CC)C1=CC(=O)/C(=N\Nc2ccc(N=Nc3c(S(=O)(=O)[O-])cc4c(c3N)C(=O)/C(=N/Nc3ccc(N/N=C5/C=CC(N(CC)CC)=CC5=O)cc3)C(S(=O)(=O)[O-])=C4)cc2)C=C1.[Na+].[Na+]. The molecule has 0 spiro atoms. The van der Waals surface area contributed by atoms with Crippen LogP contribution in [-0.4, -0.2) is 96.4 Å². The number of benzene rings is 3. The number of allylic oxidation sites excluding steroid dienone is 7. The van der Waals surface area contributed by atoms with Gasteiger partial charge in [-0.05, 0) is 118 Å². The van der Waals surface area contributed by atoms with Crippen LogP contribution in [0.2, 0.25) is 0 Å². The summed E-state index contributed by atoms with van der Waals surface area (Å²) in [6.07, 6.45) is 10.5. The number of nitrogens with zero attached hydrogens (tertiary/aromatic N) is 7. The number of hydrogen-bond acceptors (Lipinski definition) is 20. The van der Waals surface area contributed by atoms with Crippen molar-refractivity contribution >= 4 is 94.9 Å². The molecule has 3 aromatic carbocycles. The zero-order valence-corrected chi connectivity index (χ0v) is 42.4. The molecule has 3 aliphatic carbocycles. The van der Waals surface area contributed by atoms with Crippen molar-refractivity contribution < 1.29 is 99.4 Å². The van der Waals surface area contributed by atoms with Crippen molar-refractivity contribution in [2.75, 3.05) is 48.2 Å². The van der Waals surface area contributed by atoms with E-state index in [9.17, 15) is 40.3 Å². The normalized spacial score (nSPS) is 16.6. The van der Waals surface area contributed by atoms with Crippen LogP contribution in [0.15, 0.2) is 138 Å². The first-order valence-corrected chi connectivity index (χ1v) is 22.4. The minimum absolute atomic E-state index is 0. The molecule has 0 atom stereocenters. The van der Waals surface area contributed by atoms with Crippen molar-refractivity contribution in [2.24, 2.45) is 25.5 Å². The fourth-order valence-electron chi connectivity index (χ4n) is 6.55. The number of azo groups is 1. The van der Waals surface area contributed by atoms with E-state index in [0.717, 1.165) is 37.6 Å². The summed E-state index contributed by atoms with van der Waals surface area (Å²) in [6, 6.07) is 12.7. The van der Waals surface area contributed by atoms with Crippen molar-refractivity contribution in [1.29, 1.82) is 0 Å². The molecule has 0 unspecified atom stereocenters. The van der Waals surface area contributed by atoms with Gasteiger partial charge in [-0.25, -0.2) is 16.8 Å². The number of hydrogen-bond donors (Lipinski definition) is 4. The number of carbonyl (C=O) groups is 3. The molecule has 66 heavy (non-hydrogen) atoms. The maximum atomic E-state index is 13.9. The Balaban J connectivity index is 0.00000476. The monoisotopic (exact) mass is 953 g/mol.